The highest BCUT2D eigenvalue weighted by molar-refractivity contribution is 5.84. The molecule has 0 saturated carbocycles. The number of hydrogen-bond donors (Lipinski definition) is 2. The van der Waals surface area contributed by atoms with Crippen molar-refractivity contribution in [2.24, 2.45) is 0 Å². The van der Waals surface area contributed by atoms with Crippen LogP contribution >= 0.6 is 0 Å². The van der Waals surface area contributed by atoms with Gasteiger partial charge >= 0.3 is 5.97 Å². The Labute approximate surface area is 91.5 Å². The maximum atomic E-state index is 10.3. The monoisotopic (exact) mass is 215 g/mol. The van der Waals surface area contributed by atoms with Crippen LogP contribution in [-0.4, -0.2) is 26.3 Å². The molecule has 80 valence electrons. The number of rotatable bonds is 3. The molecule has 0 unspecified atom stereocenters. The van der Waals surface area contributed by atoms with Gasteiger partial charge in [0.1, 0.15) is 5.82 Å². The predicted octanol–water partition coefficient (Wildman–Crippen LogP) is 1.57. The summed E-state index contributed by atoms with van der Waals surface area (Å²) >= 11 is 0. The van der Waals surface area contributed by atoms with Crippen LogP contribution in [0.4, 0.5) is 0 Å². The molecule has 2 aromatic rings. The molecule has 0 aliphatic carbocycles. The maximum Gasteiger partial charge on any atom is 0.328 e. The lowest BCUT2D eigenvalue weighted by Gasteiger charge is -1.90. The second-order valence-electron chi connectivity index (χ2n) is 3.08. The highest BCUT2D eigenvalue weighted by atomic mass is 16.4. The smallest absolute Gasteiger partial charge is 0.328 e. The van der Waals surface area contributed by atoms with Gasteiger partial charge in [-0.3, -0.25) is 5.10 Å². The number of carbonyl (C=O) groups is 1. The summed E-state index contributed by atoms with van der Waals surface area (Å²) in [5.41, 5.74) is 0.883. The van der Waals surface area contributed by atoms with E-state index >= 15 is 0 Å². The van der Waals surface area contributed by atoms with E-state index in [0.29, 0.717) is 11.6 Å². The fourth-order valence-corrected chi connectivity index (χ4v) is 1.22. The summed E-state index contributed by atoms with van der Waals surface area (Å²) in [6, 6.07) is 9.44. The van der Waals surface area contributed by atoms with Crippen molar-refractivity contribution in [2.45, 2.75) is 0 Å². The van der Waals surface area contributed by atoms with Crippen LogP contribution in [0.15, 0.2) is 36.4 Å². The summed E-state index contributed by atoms with van der Waals surface area (Å²) in [7, 11) is 0. The van der Waals surface area contributed by atoms with Gasteiger partial charge < -0.3 is 5.11 Å². The van der Waals surface area contributed by atoms with Gasteiger partial charge in [-0.15, -0.1) is 0 Å². The Morgan fingerprint density at radius 3 is 2.75 bits per heavy atom. The molecular formula is C11H9N3O2. The van der Waals surface area contributed by atoms with Crippen molar-refractivity contribution in [3.63, 3.8) is 0 Å². The number of carboxylic acids is 1. The standard InChI is InChI=1S/C11H9N3O2/c15-10(16)7-6-9-12-11(14-13-9)8-4-2-1-3-5-8/h1-7H,(H,15,16)(H,12,13,14)/b7-6-. The van der Waals surface area contributed by atoms with E-state index in [2.05, 4.69) is 15.2 Å². The fourth-order valence-electron chi connectivity index (χ4n) is 1.22. The minimum atomic E-state index is -1.02. The molecular weight excluding hydrogens is 206 g/mol. The van der Waals surface area contributed by atoms with Crippen LogP contribution in [0.3, 0.4) is 0 Å². The molecule has 0 aliphatic heterocycles. The third-order valence-corrected chi connectivity index (χ3v) is 1.92. The molecule has 1 aromatic carbocycles. The lowest BCUT2D eigenvalue weighted by Crippen LogP contribution is -1.86. The van der Waals surface area contributed by atoms with Crippen molar-refractivity contribution in [3.8, 4) is 11.4 Å². The number of benzene rings is 1. The molecule has 0 saturated heterocycles. The Balaban J connectivity index is 2.23. The number of hydrogen-bond acceptors (Lipinski definition) is 3. The van der Waals surface area contributed by atoms with Crippen LogP contribution in [0.2, 0.25) is 0 Å². The molecule has 0 radical (unpaired) electrons. The summed E-state index contributed by atoms with van der Waals surface area (Å²) in [5.74, 6) is -0.0513. The Hall–Kier alpha value is -2.43. The summed E-state index contributed by atoms with van der Waals surface area (Å²) in [4.78, 5) is 14.4. The largest absolute Gasteiger partial charge is 0.478 e. The zero-order valence-corrected chi connectivity index (χ0v) is 8.29. The van der Waals surface area contributed by atoms with Gasteiger partial charge in [0.2, 0.25) is 0 Å². The molecule has 2 N–H and O–H groups in total. The Morgan fingerprint density at radius 1 is 1.31 bits per heavy atom. The third-order valence-electron chi connectivity index (χ3n) is 1.92. The molecule has 0 aliphatic rings. The topological polar surface area (TPSA) is 78.9 Å². The molecule has 0 bridgehead atoms. The summed E-state index contributed by atoms with van der Waals surface area (Å²) in [6.45, 7) is 0. The minimum Gasteiger partial charge on any atom is -0.478 e. The van der Waals surface area contributed by atoms with Crippen molar-refractivity contribution < 1.29 is 9.90 Å². The Bertz CT molecular complexity index is 517. The van der Waals surface area contributed by atoms with Crippen molar-refractivity contribution in [1.82, 2.24) is 15.2 Å². The molecule has 1 heterocycles. The van der Waals surface area contributed by atoms with Crippen LogP contribution < -0.4 is 0 Å². The molecule has 5 nitrogen and oxygen atoms in total. The number of aliphatic carboxylic acids is 1. The molecule has 0 spiro atoms. The zero-order valence-electron chi connectivity index (χ0n) is 8.29. The first-order valence-electron chi connectivity index (χ1n) is 4.64. The number of aromatic nitrogens is 3. The summed E-state index contributed by atoms with van der Waals surface area (Å²) in [5, 5.41) is 15.1. The number of nitrogens with zero attached hydrogens (tertiary/aromatic N) is 2. The van der Waals surface area contributed by atoms with Crippen molar-refractivity contribution in [1.29, 1.82) is 0 Å². The zero-order chi connectivity index (χ0) is 11.4. The van der Waals surface area contributed by atoms with Crippen LogP contribution in [0.5, 0.6) is 0 Å². The van der Waals surface area contributed by atoms with E-state index in [1.54, 1.807) is 0 Å². The van der Waals surface area contributed by atoms with Gasteiger partial charge in [-0.1, -0.05) is 30.3 Å². The van der Waals surface area contributed by atoms with Gasteiger partial charge in [-0.25, -0.2) is 9.78 Å². The van der Waals surface area contributed by atoms with E-state index in [0.717, 1.165) is 11.6 Å². The van der Waals surface area contributed by atoms with E-state index in [9.17, 15) is 4.79 Å². The fraction of sp³-hybridized carbons (Fsp3) is 0. The second-order valence-corrected chi connectivity index (χ2v) is 3.08. The number of H-pyrrole nitrogens is 1. The van der Waals surface area contributed by atoms with Gasteiger partial charge in [-0.05, 0) is 6.08 Å². The average molecular weight is 215 g/mol. The lowest BCUT2D eigenvalue weighted by atomic mass is 10.2. The highest BCUT2D eigenvalue weighted by Crippen LogP contribution is 2.13. The van der Waals surface area contributed by atoms with Crippen molar-refractivity contribution in [3.05, 3.63) is 42.2 Å². The van der Waals surface area contributed by atoms with E-state index < -0.39 is 5.97 Å². The number of aromatic amines is 1. The van der Waals surface area contributed by atoms with Gasteiger partial charge in [0, 0.05) is 11.6 Å². The number of carboxylic acid groups (broad SMARTS) is 1. The third kappa shape index (κ3) is 2.33. The van der Waals surface area contributed by atoms with Crippen LogP contribution in [0.1, 0.15) is 5.82 Å². The van der Waals surface area contributed by atoms with Crippen LogP contribution in [-0.2, 0) is 4.79 Å². The normalized spacial score (nSPS) is 10.8. The highest BCUT2D eigenvalue weighted by Gasteiger charge is 2.02. The van der Waals surface area contributed by atoms with Gasteiger partial charge in [-0.2, -0.15) is 5.10 Å². The van der Waals surface area contributed by atoms with E-state index in [1.807, 2.05) is 30.3 Å². The van der Waals surface area contributed by atoms with Gasteiger partial charge in [0.05, 0.1) is 0 Å². The van der Waals surface area contributed by atoms with Gasteiger partial charge in [0.15, 0.2) is 5.82 Å². The first kappa shape index (κ1) is 10.1. The Morgan fingerprint density at radius 2 is 2.06 bits per heavy atom. The molecule has 16 heavy (non-hydrogen) atoms. The van der Waals surface area contributed by atoms with E-state index in [1.165, 1.54) is 6.08 Å². The molecule has 0 fully saturated rings. The molecule has 0 atom stereocenters. The quantitative estimate of drug-likeness (QED) is 0.761. The molecule has 1 aromatic heterocycles. The first-order chi connectivity index (χ1) is 7.75. The van der Waals surface area contributed by atoms with Crippen LogP contribution in [0, 0.1) is 0 Å². The summed E-state index contributed by atoms with van der Waals surface area (Å²) < 4.78 is 0. The SMILES string of the molecule is O=C(O)/C=C\c1nc(-c2ccccc2)n[nH]1. The average Bonchev–Trinajstić information content (AvgIpc) is 2.76. The molecule has 5 heteroatoms. The first-order valence-corrected chi connectivity index (χ1v) is 4.64. The molecule has 2 rings (SSSR count). The lowest BCUT2D eigenvalue weighted by molar-refractivity contribution is -0.131. The van der Waals surface area contributed by atoms with Crippen LogP contribution in [0.25, 0.3) is 17.5 Å². The van der Waals surface area contributed by atoms with E-state index in [-0.39, 0.29) is 0 Å². The van der Waals surface area contributed by atoms with Crippen molar-refractivity contribution in [2.75, 3.05) is 0 Å². The Kier molecular flexibility index (Phi) is 2.77. The van der Waals surface area contributed by atoms with E-state index in [4.69, 9.17) is 5.11 Å². The predicted molar refractivity (Wildman–Crippen MR) is 58.5 cm³/mol. The van der Waals surface area contributed by atoms with Crippen molar-refractivity contribution >= 4 is 12.0 Å². The number of nitrogens with one attached hydrogen (secondary N) is 1. The molecule has 0 amide bonds. The summed E-state index contributed by atoms with van der Waals surface area (Å²) in [6.07, 6.45) is 2.37. The minimum absolute atomic E-state index is 0.418. The second kappa shape index (κ2) is 4.39. The van der Waals surface area contributed by atoms with Gasteiger partial charge in [0.25, 0.3) is 0 Å². The maximum absolute atomic E-state index is 10.3.